The fourth-order valence-electron chi connectivity index (χ4n) is 1.63. The van der Waals surface area contributed by atoms with Crippen LogP contribution in [0.2, 0.25) is 0 Å². The number of hydrogen-bond donors (Lipinski definition) is 0. The molecule has 0 amide bonds. The Morgan fingerprint density at radius 1 is 1.23 bits per heavy atom. The van der Waals surface area contributed by atoms with Crippen LogP contribution in [0.5, 0.6) is 0 Å². The van der Waals surface area contributed by atoms with E-state index in [1.165, 1.54) is 0 Å². The summed E-state index contributed by atoms with van der Waals surface area (Å²) in [5.74, 6) is 0.363. The fourth-order valence-corrected chi connectivity index (χ4v) is 1.63. The fraction of sp³-hybridized carbons (Fsp3) is 0.273. The van der Waals surface area contributed by atoms with Gasteiger partial charge in [-0.05, 0) is 17.5 Å². The lowest BCUT2D eigenvalue weighted by Gasteiger charge is -2.00. The summed E-state index contributed by atoms with van der Waals surface area (Å²) in [7, 11) is 0. The van der Waals surface area contributed by atoms with Crippen molar-refractivity contribution in [1.82, 2.24) is 4.79 Å². The van der Waals surface area contributed by atoms with Crippen molar-refractivity contribution in [3.05, 3.63) is 36.0 Å². The van der Waals surface area contributed by atoms with Crippen LogP contribution >= 0.6 is 0 Å². The number of halogens is 1. The molecule has 0 fully saturated rings. The predicted octanol–water partition coefficient (Wildman–Crippen LogP) is 3.50. The highest BCUT2D eigenvalue weighted by Crippen LogP contribution is 2.26. The molecule has 0 aliphatic heterocycles. The molecular formula is C11H12FN. The Morgan fingerprint density at radius 3 is 2.62 bits per heavy atom. The maximum absolute atomic E-state index is 13.3. The van der Waals surface area contributed by atoms with Crippen LogP contribution in [0, 0.1) is 0 Å². The third-order valence-electron chi connectivity index (χ3n) is 2.32. The average Bonchev–Trinajstić information content (AvgIpc) is 2.45. The largest absolute Gasteiger partial charge is 0.186 e. The molecule has 1 aromatic carbocycles. The van der Waals surface area contributed by atoms with Crippen LogP contribution in [-0.2, 0) is 0 Å². The summed E-state index contributed by atoms with van der Waals surface area (Å²) < 4.78 is 13.3. The van der Waals surface area contributed by atoms with E-state index in [2.05, 4.69) is 13.8 Å². The summed E-state index contributed by atoms with van der Waals surface area (Å²) in [5, 5.41) is 1.01. The van der Waals surface area contributed by atoms with Crippen LogP contribution in [0.3, 0.4) is 0 Å². The van der Waals surface area contributed by atoms with E-state index < -0.39 is 0 Å². The maximum Gasteiger partial charge on any atom is 0.0815 e. The van der Waals surface area contributed by atoms with Crippen molar-refractivity contribution in [1.29, 1.82) is 0 Å². The molecule has 1 heterocycles. The normalized spacial score (nSPS) is 11.4. The quantitative estimate of drug-likeness (QED) is 0.628. The Labute approximate surface area is 76.7 Å². The maximum atomic E-state index is 13.3. The number of aromatic nitrogens is 1. The molecule has 0 radical (unpaired) electrons. The van der Waals surface area contributed by atoms with E-state index in [0.717, 1.165) is 10.9 Å². The van der Waals surface area contributed by atoms with Gasteiger partial charge in [0.2, 0.25) is 0 Å². The first-order valence-electron chi connectivity index (χ1n) is 4.46. The summed E-state index contributed by atoms with van der Waals surface area (Å²) in [6.45, 7) is 4.14. The van der Waals surface area contributed by atoms with Crippen molar-refractivity contribution < 1.29 is 4.48 Å². The Hall–Kier alpha value is -1.31. The van der Waals surface area contributed by atoms with Gasteiger partial charge < -0.3 is 0 Å². The zero-order valence-electron chi connectivity index (χ0n) is 7.79. The summed E-state index contributed by atoms with van der Waals surface area (Å²) in [5.41, 5.74) is 1.73. The molecule has 68 valence electrons. The van der Waals surface area contributed by atoms with Gasteiger partial charge in [0.1, 0.15) is 0 Å². The van der Waals surface area contributed by atoms with Crippen LogP contribution < -0.4 is 0 Å². The minimum atomic E-state index is 0.363. The second-order valence-electron chi connectivity index (χ2n) is 3.57. The summed E-state index contributed by atoms with van der Waals surface area (Å²) in [6, 6.07) is 7.54. The Bertz CT molecular complexity index is 429. The topological polar surface area (TPSA) is 4.93 Å². The summed E-state index contributed by atoms with van der Waals surface area (Å²) in [6.07, 6.45) is 1.56. The van der Waals surface area contributed by atoms with Crippen molar-refractivity contribution in [2.24, 2.45) is 0 Å². The molecule has 0 saturated carbocycles. The third kappa shape index (κ3) is 1.22. The second kappa shape index (κ2) is 2.87. The van der Waals surface area contributed by atoms with Crippen molar-refractivity contribution in [3.63, 3.8) is 0 Å². The molecular weight excluding hydrogens is 165 g/mol. The molecule has 0 saturated heterocycles. The van der Waals surface area contributed by atoms with Crippen LogP contribution in [-0.4, -0.2) is 4.79 Å². The molecule has 0 unspecified atom stereocenters. The van der Waals surface area contributed by atoms with E-state index in [-0.39, 0.29) is 0 Å². The van der Waals surface area contributed by atoms with Crippen molar-refractivity contribution in [3.8, 4) is 0 Å². The van der Waals surface area contributed by atoms with Crippen LogP contribution in [0.25, 0.3) is 10.9 Å². The molecule has 1 aromatic heterocycles. The standard InChI is InChI=1S/C11H12FN/c1-8(2)10-7-13(12)11-6-4-3-5-9(10)11/h3-8H,1-2H3. The summed E-state index contributed by atoms with van der Waals surface area (Å²) >= 11 is 0. The molecule has 2 rings (SSSR count). The predicted molar refractivity (Wildman–Crippen MR) is 52.5 cm³/mol. The number of benzene rings is 1. The lowest BCUT2D eigenvalue weighted by molar-refractivity contribution is 0.386. The first-order valence-corrected chi connectivity index (χ1v) is 4.46. The van der Waals surface area contributed by atoms with Gasteiger partial charge in [0.15, 0.2) is 0 Å². The van der Waals surface area contributed by atoms with Gasteiger partial charge in [-0.2, -0.15) is 4.79 Å². The molecule has 13 heavy (non-hydrogen) atoms. The molecule has 1 nitrogen and oxygen atoms in total. The molecule has 2 aromatic rings. The smallest absolute Gasteiger partial charge is 0.0815 e. The number of para-hydroxylation sites is 1. The van der Waals surface area contributed by atoms with Gasteiger partial charge in [0, 0.05) is 11.6 Å². The van der Waals surface area contributed by atoms with E-state index in [0.29, 0.717) is 16.2 Å². The first-order chi connectivity index (χ1) is 6.20. The van der Waals surface area contributed by atoms with Gasteiger partial charge in [-0.15, -0.1) is 0 Å². The summed E-state index contributed by atoms with van der Waals surface area (Å²) in [4.78, 5) is 0.699. The zero-order chi connectivity index (χ0) is 9.42. The van der Waals surface area contributed by atoms with Gasteiger partial charge in [-0.3, -0.25) is 0 Å². The molecule has 0 bridgehead atoms. The number of rotatable bonds is 1. The minimum Gasteiger partial charge on any atom is -0.186 e. The number of fused-ring (bicyclic) bond motifs is 1. The molecule has 0 spiro atoms. The van der Waals surface area contributed by atoms with Crippen LogP contribution in [0.15, 0.2) is 30.5 Å². The lowest BCUT2D eigenvalue weighted by atomic mass is 10.0. The SMILES string of the molecule is CC(C)c1cn(F)c2ccccc12. The molecule has 0 aliphatic rings. The molecule has 0 aliphatic carbocycles. The second-order valence-corrected chi connectivity index (χ2v) is 3.57. The first kappa shape index (κ1) is 8.30. The van der Waals surface area contributed by atoms with Crippen LogP contribution in [0.4, 0.5) is 4.48 Å². The van der Waals surface area contributed by atoms with E-state index in [9.17, 15) is 4.48 Å². The monoisotopic (exact) mass is 177 g/mol. The molecule has 2 heteroatoms. The van der Waals surface area contributed by atoms with E-state index in [4.69, 9.17) is 0 Å². The van der Waals surface area contributed by atoms with Gasteiger partial charge in [0.05, 0.1) is 5.52 Å². The minimum absolute atomic E-state index is 0.363. The van der Waals surface area contributed by atoms with Gasteiger partial charge in [0.25, 0.3) is 0 Å². The van der Waals surface area contributed by atoms with Crippen molar-refractivity contribution >= 4 is 10.9 Å². The Kier molecular flexibility index (Phi) is 1.83. The van der Waals surface area contributed by atoms with Gasteiger partial charge >= 0.3 is 0 Å². The highest BCUT2D eigenvalue weighted by Gasteiger charge is 2.09. The molecule has 0 atom stereocenters. The van der Waals surface area contributed by atoms with E-state index in [1.807, 2.05) is 18.2 Å². The highest BCUT2D eigenvalue weighted by molar-refractivity contribution is 5.84. The Morgan fingerprint density at radius 2 is 1.92 bits per heavy atom. The van der Waals surface area contributed by atoms with E-state index in [1.54, 1.807) is 12.3 Å². The third-order valence-corrected chi connectivity index (χ3v) is 2.32. The number of nitrogens with zero attached hydrogens (tertiary/aromatic N) is 1. The Balaban J connectivity index is 2.78. The van der Waals surface area contributed by atoms with Gasteiger partial charge in [-0.1, -0.05) is 36.5 Å². The highest BCUT2D eigenvalue weighted by atomic mass is 19.2. The van der Waals surface area contributed by atoms with E-state index >= 15 is 0 Å². The van der Waals surface area contributed by atoms with Crippen molar-refractivity contribution in [2.75, 3.05) is 0 Å². The average molecular weight is 177 g/mol. The molecule has 0 N–H and O–H groups in total. The lowest BCUT2D eigenvalue weighted by Crippen LogP contribution is -1.83. The van der Waals surface area contributed by atoms with Gasteiger partial charge in [-0.25, -0.2) is 0 Å². The zero-order valence-corrected chi connectivity index (χ0v) is 7.79. The van der Waals surface area contributed by atoms with Crippen LogP contribution in [0.1, 0.15) is 25.3 Å². The number of hydrogen-bond acceptors (Lipinski definition) is 0. The van der Waals surface area contributed by atoms with Crippen molar-refractivity contribution in [2.45, 2.75) is 19.8 Å².